The van der Waals surface area contributed by atoms with Gasteiger partial charge < -0.3 is 34.3 Å². The average molecular weight is 709 g/mol. The van der Waals surface area contributed by atoms with Crippen LogP contribution in [0.1, 0.15) is 39.4 Å². The number of amides is 3. The Morgan fingerprint density at radius 1 is 1.04 bits per heavy atom. The van der Waals surface area contributed by atoms with E-state index in [9.17, 15) is 32.8 Å². The molecular weight excluding hydrogens is 670 g/mol. The summed E-state index contributed by atoms with van der Waals surface area (Å²) in [6.07, 6.45) is 2.93. The number of nitrogens with one attached hydrogen (secondary N) is 2. The molecule has 0 saturated heterocycles. The number of pyridine rings is 1. The van der Waals surface area contributed by atoms with Crippen molar-refractivity contribution in [2.75, 3.05) is 26.5 Å². The summed E-state index contributed by atoms with van der Waals surface area (Å²) in [4.78, 5) is 70.2. The number of likely N-dealkylation sites (N-methyl/N-ethyl adjacent to an activating group) is 1. The average Bonchev–Trinajstić information content (AvgIpc) is 3.43. The predicted octanol–water partition coefficient (Wildman–Crippen LogP) is 5.19. The number of carbonyl (C=O) groups excluding carboxylic acids is 4. The Labute approximate surface area is 291 Å². The number of hydrogen-bond acceptors (Lipinski definition) is 9. The zero-order valence-corrected chi connectivity index (χ0v) is 28.9. The van der Waals surface area contributed by atoms with Crippen LogP contribution in [0.25, 0.3) is 11.0 Å². The number of para-hydroxylation sites is 1. The number of aromatic nitrogens is 3. The van der Waals surface area contributed by atoms with Gasteiger partial charge in [-0.15, -0.1) is 0 Å². The van der Waals surface area contributed by atoms with Gasteiger partial charge in [0.1, 0.15) is 34.5 Å². The third kappa shape index (κ3) is 9.77. The molecule has 2 N–H and O–H groups in total. The summed E-state index contributed by atoms with van der Waals surface area (Å²) in [5.41, 5.74) is -1.39. The van der Waals surface area contributed by atoms with E-state index in [1.807, 2.05) is 0 Å². The summed E-state index contributed by atoms with van der Waals surface area (Å²) >= 11 is 0. The van der Waals surface area contributed by atoms with Crippen LogP contribution in [0.4, 0.5) is 24.1 Å². The van der Waals surface area contributed by atoms with Crippen LogP contribution in [0.5, 0.6) is 11.5 Å². The highest BCUT2D eigenvalue weighted by Crippen LogP contribution is 2.32. The molecule has 0 radical (unpaired) electrons. The first-order valence-electron chi connectivity index (χ1n) is 15.7. The maximum Gasteiger partial charge on any atom is 0.420 e. The molecule has 2 heterocycles. The molecule has 270 valence electrons. The van der Waals surface area contributed by atoms with Crippen LogP contribution in [0.15, 0.2) is 71.7 Å². The number of fused-ring (bicyclic) bond motifs is 1. The second-order valence-corrected chi connectivity index (χ2v) is 12.4. The highest BCUT2D eigenvalue weighted by atomic mass is 19.1. The number of nitrogens with zero attached hydrogens (tertiary/aromatic N) is 4. The molecule has 2 aromatic heterocycles. The summed E-state index contributed by atoms with van der Waals surface area (Å²) in [6.45, 7) is 4.73. The number of ether oxygens (including phenoxy) is 3. The van der Waals surface area contributed by atoms with Crippen molar-refractivity contribution in [1.29, 1.82) is 0 Å². The Morgan fingerprint density at radius 3 is 2.45 bits per heavy atom. The molecule has 0 fully saturated rings. The van der Waals surface area contributed by atoms with Crippen LogP contribution in [0.3, 0.4) is 0 Å². The largest absolute Gasteiger partial charge is 0.453 e. The lowest BCUT2D eigenvalue weighted by Crippen LogP contribution is -2.44. The molecule has 0 bridgehead atoms. The van der Waals surface area contributed by atoms with Crippen LogP contribution in [0.2, 0.25) is 0 Å². The molecule has 1 atom stereocenters. The number of alkyl carbamates (subject to hydrolysis) is 1. The lowest BCUT2D eigenvalue weighted by atomic mass is 10.1. The van der Waals surface area contributed by atoms with Crippen molar-refractivity contribution in [1.82, 2.24) is 24.3 Å². The summed E-state index contributed by atoms with van der Waals surface area (Å²) in [6, 6.07) is 9.11. The molecule has 0 aliphatic carbocycles. The fourth-order valence-electron chi connectivity index (χ4n) is 4.69. The molecule has 2 aromatic carbocycles. The quantitative estimate of drug-likeness (QED) is 0.200. The summed E-state index contributed by atoms with van der Waals surface area (Å²) < 4.78 is 46.3. The zero-order chi connectivity index (χ0) is 37.5. The van der Waals surface area contributed by atoms with Crippen molar-refractivity contribution in [3.8, 4) is 11.5 Å². The molecule has 0 saturated carbocycles. The summed E-state index contributed by atoms with van der Waals surface area (Å²) in [5.74, 6) is -2.94. The van der Waals surface area contributed by atoms with Crippen molar-refractivity contribution < 1.29 is 42.2 Å². The van der Waals surface area contributed by atoms with E-state index in [4.69, 9.17) is 9.47 Å². The van der Waals surface area contributed by atoms with Crippen LogP contribution in [-0.2, 0) is 25.6 Å². The van der Waals surface area contributed by atoms with E-state index in [0.29, 0.717) is 6.07 Å². The lowest BCUT2D eigenvalue weighted by Gasteiger charge is -2.20. The second-order valence-electron chi connectivity index (χ2n) is 12.4. The molecule has 0 spiro atoms. The number of imidazole rings is 1. The van der Waals surface area contributed by atoms with Crippen molar-refractivity contribution >= 4 is 40.7 Å². The normalized spacial score (nSPS) is 12.0. The van der Waals surface area contributed by atoms with E-state index < -0.39 is 46.9 Å². The second kappa shape index (κ2) is 16.1. The number of allylic oxidation sites excluding steroid dienone is 1. The monoisotopic (exact) mass is 708 g/mol. The van der Waals surface area contributed by atoms with Gasteiger partial charge in [-0.1, -0.05) is 12.1 Å². The van der Waals surface area contributed by atoms with Crippen LogP contribution >= 0.6 is 0 Å². The third-order valence-corrected chi connectivity index (χ3v) is 7.11. The van der Waals surface area contributed by atoms with Crippen LogP contribution < -0.4 is 20.9 Å². The number of methoxy groups -OCH3 is 1. The minimum absolute atomic E-state index is 0.0322. The Kier molecular flexibility index (Phi) is 11.9. The number of benzene rings is 2. The van der Waals surface area contributed by atoms with Gasteiger partial charge in [0.05, 0.1) is 19.2 Å². The SMILES string of the molecule is COC(=O)NC(CC/C=C/C(=O)N(C)C)C(=O)Nc1cccn(Cc2nc3c(Oc4ccc(F)cc4F)cccc3n2C(=O)OC(C)(C)C)c1=O. The van der Waals surface area contributed by atoms with Gasteiger partial charge in [-0.05, 0) is 76.1 Å². The van der Waals surface area contributed by atoms with Crippen molar-refractivity contribution in [3.63, 3.8) is 0 Å². The van der Waals surface area contributed by atoms with Crippen molar-refractivity contribution in [3.05, 3.63) is 94.7 Å². The molecule has 4 aromatic rings. The first kappa shape index (κ1) is 37.8. The molecular formula is C35H38F2N6O8. The van der Waals surface area contributed by atoms with E-state index >= 15 is 0 Å². The smallest absolute Gasteiger partial charge is 0.420 e. The summed E-state index contributed by atoms with van der Waals surface area (Å²) in [7, 11) is 4.31. The third-order valence-electron chi connectivity index (χ3n) is 7.11. The Hall–Kier alpha value is -6.06. The van der Waals surface area contributed by atoms with Crippen molar-refractivity contribution in [2.45, 2.75) is 51.8 Å². The van der Waals surface area contributed by atoms with Crippen molar-refractivity contribution in [2.24, 2.45) is 0 Å². The van der Waals surface area contributed by atoms with Crippen LogP contribution in [0, 0.1) is 11.6 Å². The molecule has 0 aliphatic heterocycles. The van der Waals surface area contributed by atoms with Gasteiger partial charge >= 0.3 is 12.2 Å². The van der Waals surface area contributed by atoms with E-state index in [2.05, 4.69) is 20.4 Å². The number of rotatable bonds is 11. The molecule has 0 aliphatic rings. The standard InChI is InChI=1S/C35H38F2N6O8/c1-35(2,3)51-34(48)43-25-13-9-14-27(50-26-17-16-21(36)19-22(26)37)30(25)40-28(43)20-42-18-10-12-24(32(42)46)38-31(45)23(39-33(47)49-6)11-7-8-15-29(44)41(4)5/h8-10,12-19,23H,7,11,20H2,1-6H3,(H,38,45)(H,39,47)/b15-8+. The van der Waals surface area contributed by atoms with E-state index in [1.165, 1.54) is 39.9 Å². The van der Waals surface area contributed by atoms with Gasteiger partial charge in [0, 0.05) is 26.4 Å². The fourth-order valence-corrected chi connectivity index (χ4v) is 4.69. The van der Waals surface area contributed by atoms with Gasteiger partial charge in [-0.3, -0.25) is 14.4 Å². The number of hydrogen-bond donors (Lipinski definition) is 2. The number of carbonyl (C=O) groups is 4. The van der Waals surface area contributed by atoms with E-state index in [-0.39, 0.29) is 59.3 Å². The molecule has 3 amide bonds. The summed E-state index contributed by atoms with van der Waals surface area (Å²) in [5, 5.41) is 4.96. The maximum absolute atomic E-state index is 14.5. The van der Waals surface area contributed by atoms with Crippen LogP contribution in [-0.4, -0.2) is 75.9 Å². The number of halogens is 2. The highest BCUT2D eigenvalue weighted by molar-refractivity contribution is 5.96. The lowest BCUT2D eigenvalue weighted by molar-refractivity contribution is -0.123. The highest BCUT2D eigenvalue weighted by Gasteiger charge is 2.26. The van der Waals surface area contributed by atoms with Gasteiger partial charge in [0.2, 0.25) is 11.8 Å². The Bertz CT molecular complexity index is 2030. The topological polar surface area (TPSA) is 163 Å². The molecule has 1 unspecified atom stereocenters. The minimum atomic E-state index is -1.13. The van der Waals surface area contributed by atoms with Gasteiger partial charge in [-0.25, -0.2) is 27.9 Å². The van der Waals surface area contributed by atoms with E-state index in [0.717, 1.165) is 23.8 Å². The van der Waals surface area contributed by atoms with Gasteiger partial charge in [0.25, 0.3) is 5.56 Å². The Morgan fingerprint density at radius 2 is 1.78 bits per heavy atom. The minimum Gasteiger partial charge on any atom is -0.453 e. The molecule has 14 nitrogen and oxygen atoms in total. The predicted molar refractivity (Wildman–Crippen MR) is 183 cm³/mol. The maximum atomic E-state index is 14.5. The van der Waals surface area contributed by atoms with E-state index in [1.54, 1.807) is 53.1 Å². The first-order chi connectivity index (χ1) is 24.1. The molecule has 16 heteroatoms. The Balaban J connectivity index is 1.67. The van der Waals surface area contributed by atoms with Gasteiger partial charge in [0.15, 0.2) is 17.3 Å². The molecule has 51 heavy (non-hydrogen) atoms. The molecule has 4 rings (SSSR count). The fraction of sp³-hybridized carbons (Fsp3) is 0.314. The number of anilines is 1. The first-order valence-corrected chi connectivity index (χ1v) is 15.7. The van der Waals surface area contributed by atoms with Gasteiger partial charge in [-0.2, -0.15) is 0 Å². The zero-order valence-electron chi connectivity index (χ0n) is 28.9.